The predicted octanol–water partition coefficient (Wildman–Crippen LogP) is 4.52. The van der Waals surface area contributed by atoms with Gasteiger partial charge in [-0.3, -0.25) is 10.1 Å². The Kier molecular flexibility index (Phi) is 9.89. The molecule has 4 N–H and O–H groups in total. The molecule has 0 saturated heterocycles. The van der Waals surface area contributed by atoms with Gasteiger partial charge >= 0.3 is 6.09 Å². The first kappa shape index (κ1) is 31.4. The summed E-state index contributed by atoms with van der Waals surface area (Å²) in [6.07, 6.45) is 0.635. The fourth-order valence-corrected chi connectivity index (χ4v) is 7.28. The van der Waals surface area contributed by atoms with Gasteiger partial charge in [0, 0.05) is 30.5 Å². The number of anilines is 1. The smallest absolute Gasteiger partial charge is 0.411 e. The van der Waals surface area contributed by atoms with Crippen LogP contribution in [0, 0.1) is 22.7 Å². The SMILES string of the molecule is COc1cc(NC(=O)O[C@@H]2CC[C@]3(C)C(CC[C@@H](O)[C@H]3CC(=O)NCc3ccccc3)[C@]2(C)CO)cc(OC)c1OC. The van der Waals surface area contributed by atoms with Gasteiger partial charge in [-0.1, -0.05) is 44.2 Å². The Hall–Kier alpha value is -3.50. The second-order valence-electron chi connectivity index (χ2n) is 11.9. The summed E-state index contributed by atoms with van der Waals surface area (Å²) in [5, 5.41) is 27.5. The van der Waals surface area contributed by atoms with Crippen molar-refractivity contribution in [3.05, 3.63) is 48.0 Å². The zero-order valence-electron chi connectivity index (χ0n) is 25.1. The van der Waals surface area contributed by atoms with Crippen LogP contribution in [0.5, 0.6) is 17.2 Å². The van der Waals surface area contributed by atoms with Gasteiger partial charge in [0.2, 0.25) is 11.7 Å². The topological polar surface area (TPSA) is 136 Å². The summed E-state index contributed by atoms with van der Waals surface area (Å²) in [6, 6.07) is 12.9. The minimum Gasteiger partial charge on any atom is -0.493 e. The van der Waals surface area contributed by atoms with Crippen molar-refractivity contribution in [2.45, 2.75) is 64.7 Å². The van der Waals surface area contributed by atoms with Gasteiger partial charge in [0.05, 0.1) is 39.7 Å². The van der Waals surface area contributed by atoms with E-state index in [9.17, 15) is 19.8 Å². The molecule has 10 nitrogen and oxygen atoms in total. The van der Waals surface area contributed by atoms with Crippen molar-refractivity contribution in [1.29, 1.82) is 0 Å². The molecule has 2 aromatic carbocycles. The first-order valence-electron chi connectivity index (χ1n) is 14.5. The highest BCUT2D eigenvalue weighted by atomic mass is 16.6. The van der Waals surface area contributed by atoms with E-state index < -0.39 is 29.1 Å². The average molecular weight is 585 g/mol. The maximum atomic E-state index is 13.1. The molecule has 0 bridgehead atoms. The van der Waals surface area contributed by atoms with E-state index in [0.717, 1.165) is 5.56 Å². The Bertz CT molecular complexity index is 1220. The van der Waals surface area contributed by atoms with Crippen molar-refractivity contribution in [2.75, 3.05) is 33.3 Å². The standard InChI is InChI=1S/C32H44N2O8/c1-31-14-13-27(42-30(38)34-21-15-24(39-3)29(41-5)25(16-21)40-4)32(2,19-35)26(31)12-11-23(36)22(31)17-28(37)33-18-20-9-7-6-8-10-20/h6-10,15-16,22-23,26-27,35-36H,11-14,17-19H2,1-5H3,(H,33,37)(H,34,38)/t22-,23-,26?,27-,31+,32+/m1/s1. The molecule has 0 aromatic heterocycles. The normalized spacial score (nSPS) is 28.6. The lowest BCUT2D eigenvalue weighted by molar-refractivity contribution is -0.185. The van der Waals surface area contributed by atoms with Gasteiger partial charge in [0.1, 0.15) is 6.10 Å². The van der Waals surface area contributed by atoms with Crippen LogP contribution in [0.4, 0.5) is 10.5 Å². The molecule has 2 amide bonds. The zero-order valence-corrected chi connectivity index (χ0v) is 25.1. The lowest BCUT2D eigenvalue weighted by Crippen LogP contribution is -2.61. The number of amides is 2. The molecule has 2 aromatic rings. The van der Waals surface area contributed by atoms with E-state index in [2.05, 4.69) is 17.6 Å². The number of aliphatic hydroxyl groups excluding tert-OH is 2. The largest absolute Gasteiger partial charge is 0.493 e. The van der Waals surface area contributed by atoms with Crippen LogP contribution in [-0.4, -0.2) is 62.4 Å². The number of benzene rings is 2. The molecular weight excluding hydrogens is 540 g/mol. The molecular formula is C32H44N2O8. The molecule has 42 heavy (non-hydrogen) atoms. The molecule has 0 spiro atoms. The van der Waals surface area contributed by atoms with Crippen molar-refractivity contribution in [2.24, 2.45) is 22.7 Å². The molecule has 2 aliphatic rings. The minimum absolute atomic E-state index is 0.0713. The lowest BCUT2D eigenvalue weighted by atomic mass is 9.46. The maximum Gasteiger partial charge on any atom is 0.411 e. The summed E-state index contributed by atoms with van der Waals surface area (Å²) in [5.74, 6) is 0.713. The average Bonchev–Trinajstić information content (AvgIpc) is 2.99. The molecule has 10 heteroatoms. The summed E-state index contributed by atoms with van der Waals surface area (Å²) in [7, 11) is 4.49. The highest BCUT2D eigenvalue weighted by molar-refractivity contribution is 5.86. The number of carbonyl (C=O) groups excluding carboxylic acids is 2. The monoisotopic (exact) mass is 584 g/mol. The summed E-state index contributed by atoms with van der Waals surface area (Å²) in [4.78, 5) is 26.1. The number of methoxy groups -OCH3 is 3. The molecule has 2 aliphatic carbocycles. The van der Waals surface area contributed by atoms with Crippen LogP contribution < -0.4 is 24.8 Å². The van der Waals surface area contributed by atoms with Gasteiger partial charge < -0.3 is 34.5 Å². The number of fused-ring (bicyclic) bond motifs is 1. The van der Waals surface area contributed by atoms with E-state index in [4.69, 9.17) is 18.9 Å². The maximum absolute atomic E-state index is 13.1. The minimum atomic E-state index is -0.765. The number of hydrogen-bond donors (Lipinski definition) is 4. The van der Waals surface area contributed by atoms with Gasteiger partial charge in [-0.15, -0.1) is 0 Å². The van der Waals surface area contributed by atoms with Crippen molar-refractivity contribution >= 4 is 17.7 Å². The van der Waals surface area contributed by atoms with E-state index in [1.165, 1.54) is 21.3 Å². The van der Waals surface area contributed by atoms with E-state index in [1.54, 1.807) is 12.1 Å². The Balaban J connectivity index is 1.47. The van der Waals surface area contributed by atoms with Crippen LogP contribution in [0.1, 0.15) is 51.5 Å². The number of carbonyl (C=O) groups is 2. The molecule has 0 aliphatic heterocycles. The van der Waals surface area contributed by atoms with E-state index in [1.807, 2.05) is 37.3 Å². The predicted molar refractivity (Wildman–Crippen MR) is 158 cm³/mol. The summed E-state index contributed by atoms with van der Waals surface area (Å²) in [5.41, 5.74) is 0.225. The molecule has 1 unspecified atom stereocenters. The highest BCUT2D eigenvalue weighted by Gasteiger charge is 2.60. The molecule has 2 saturated carbocycles. The third kappa shape index (κ3) is 6.29. The fourth-order valence-electron chi connectivity index (χ4n) is 7.28. The molecule has 6 atom stereocenters. The van der Waals surface area contributed by atoms with Crippen molar-refractivity contribution in [3.8, 4) is 17.2 Å². The van der Waals surface area contributed by atoms with Gasteiger partial charge in [-0.2, -0.15) is 0 Å². The number of aliphatic hydroxyl groups is 2. The summed E-state index contributed by atoms with van der Waals surface area (Å²) >= 11 is 0. The number of nitrogens with one attached hydrogen (secondary N) is 2. The van der Waals surface area contributed by atoms with Crippen LogP contribution in [0.15, 0.2) is 42.5 Å². The number of hydrogen-bond acceptors (Lipinski definition) is 8. The van der Waals surface area contributed by atoms with Crippen LogP contribution >= 0.6 is 0 Å². The van der Waals surface area contributed by atoms with Gasteiger partial charge in [-0.05, 0) is 48.5 Å². The molecule has 2 fully saturated rings. The van der Waals surface area contributed by atoms with Gasteiger partial charge in [0.15, 0.2) is 11.5 Å². The third-order valence-corrected chi connectivity index (χ3v) is 9.57. The first-order valence-corrected chi connectivity index (χ1v) is 14.5. The van der Waals surface area contributed by atoms with Crippen LogP contribution in [0.2, 0.25) is 0 Å². The molecule has 230 valence electrons. The van der Waals surface area contributed by atoms with E-state index in [0.29, 0.717) is 55.2 Å². The molecule has 0 radical (unpaired) electrons. The Labute approximate surface area is 247 Å². The van der Waals surface area contributed by atoms with Crippen LogP contribution in [0.25, 0.3) is 0 Å². The van der Waals surface area contributed by atoms with Crippen molar-refractivity contribution in [1.82, 2.24) is 5.32 Å². The molecule has 4 rings (SSSR count). The van der Waals surface area contributed by atoms with Crippen LogP contribution in [0.3, 0.4) is 0 Å². The van der Waals surface area contributed by atoms with E-state index >= 15 is 0 Å². The Morgan fingerprint density at radius 1 is 0.976 bits per heavy atom. The second kappa shape index (κ2) is 13.2. The number of rotatable bonds is 10. The van der Waals surface area contributed by atoms with E-state index in [-0.39, 0.29) is 30.8 Å². The van der Waals surface area contributed by atoms with Crippen molar-refractivity contribution < 1.29 is 38.7 Å². The Morgan fingerprint density at radius 3 is 2.24 bits per heavy atom. The van der Waals surface area contributed by atoms with Crippen molar-refractivity contribution in [3.63, 3.8) is 0 Å². The van der Waals surface area contributed by atoms with Crippen LogP contribution in [-0.2, 0) is 16.1 Å². The van der Waals surface area contributed by atoms with Gasteiger partial charge in [-0.25, -0.2) is 4.79 Å². The third-order valence-electron chi connectivity index (χ3n) is 9.57. The Morgan fingerprint density at radius 2 is 1.64 bits per heavy atom. The quantitative estimate of drug-likeness (QED) is 0.320. The zero-order chi connectivity index (χ0) is 30.5. The number of ether oxygens (including phenoxy) is 4. The highest BCUT2D eigenvalue weighted by Crippen LogP contribution is 2.61. The fraction of sp³-hybridized carbons (Fsp3) is 0.562. The second-order valence-corrected chi connectivity index (χ2v) is 11.9. The molecule has 0 heterocycles. The summed E-state index contributed by atoms with van der Waals surface area (Å²) in [6.45, 7) is 4.28. The van der Waals surface area contributed by atoms with Gasteiger partial charge in [0.25, 0.3) is 0 Å². The lowest BCUT2D eigenvalue weighted by Gasteiger charge is -2.60. The first-order chi connectivity index (χ1) is 20.1. The summed E-state index contributed by atoms with van der Waals surface area (Å²) < 4.78 is 22.1.